The van der Waals surface area contributed by atoms with Crippen molar-refractivity contribution in [2.24, 2.45) is 16.1 Å². The van der Waals surface area contributed by atoms with Gasteiger partial charge >= 0.3 is 6.09 Å². The third-order valence-corrected chi connectivity index (χ3v) is 5.48. The van der Waals surface area contributed by atoms with Crippen molar-refractivity contribution in [2.45, 2.75) is 65.4 Å². The first-order valence-corrected chi connectivity index (χ1v) is 10.4. The predicted molar refractivity (Wildman–Crippen MR) is 123 cm³/mol. The lowest BCUT2D eigenvalue weighted by atomic mass is 9.83. The van der Waals surface area contributed by atoms with Crippen LogP contribution in [0.15, 0.2) is 4.99 Å². The van der Waals surface area contributed by atoms with E-state index in [4.69, 9.17) is 20.2 Å². The zero-order valence-electron chi connectivity index (χ0n) is 18.0. The molecule has 0 bridgehead atoms. The topological polar surface area (TPSA) is 80.4 Å². The molecular formula is C20H39IN4O3. The van der Waals surface area contributed by atoms with Crippen LogP contribution in [0.4, 0.5) is 4.79 Å². The summed E-state index contributed by atoms with van der Waals surface area (Å²) in [4.78, 5) is 20.7. The van der Waals surface area contributed by atoms with Crippen LogP contribution in [0.5, 0.6) is 0 Å². The molecule has 7 nitrogen and oxygen atoms in total. The highest BCUT2D eigenvalue weighted by Crippen LogP contribution is 2.41. The summed E-state index contributed by atoms with van der Waals surface area (Å²) in [7, 11) is 0. The van der Waals surface area contributed by atoms with Gasteiger partial charge in [0.15, 0.2) is 5.96 Å². The minimum Gasteiger partial charge on any atom is -0.444 e. The Morgan fingerprint density at radius 3 is 2.21 bits per heavy atom. The highest BCUT2D eigenvalue weighted by atomic mass is 127. The van der Waals surface area contributed by atoms with Gasteiger partial charge in [0, 0.05) is 45.9 Å². The van der Waals surface area contributed by atoms with Gasteiger partial charge in [-0.2, -0.15) is 0 Å². The number of nitrogens with zero attached hydrogens (tertiary/aromatic N) is 3. The van der Waals surface area contributed by atoms with E-state index in [-0.39, 0.29) is 35.5 Å². The molecule has 0 unspecified atom stereocenters. The fourth-order valence-corrected chi connectivity index (χ4v) is 3.84. The number of rotatable bonds is 6. The second kappa shape index (κ2) is 11.4. The number of hydrogen-bond acceptors (Lipinski definition) is 4. The summed E-state index contributed by atoms with van der Waals surface area (Å²) in [6, 6.07) is 0. The number of guanidine groups is 1. The van der Waals surface area contributed by atoms with Gasteiger partial charge in [-0.15, -0.1) is 24.0 Å². The molecule has 0 aromatic carbocycles. The van der Waals surface area contributed by atoms with Crippen molar-refractivity contribution >= 4 is 36.0 Å². The molecule has 0 aromatic heterocycles. The average Bonchev–Trinajstić information content (AvgIpc) is 3.08. The lowest BCUT2D eigenvalue weighted by Gasteiger charge is -2.36. The van der Waals surface area contributed by atoms with Crippen LogP contribution in [0.1, 0.15) is 59.8 Å². The summed E-state index contributed by atoms with van der Waals surface area (Å²) in [5, 5.41) is 0. The van der Waals surface area contributed by atoms with E-state index in [1.54, 1.807) is 4.90 Å². The number of aliphatic imine (C=N–C) groups is 1. The molecule has 0 radical (unpaired) electrons. The van der Waals surface area contributed by atoms with Gasteiger partial charge in [-0.3, -0.25) is 4.99 Å². The van der Waals surface area contributed by atoms with Gasteiger partial charge in [0.05, 0.1) is 0 Å². The lowest BCUT2D eigenvalue weighted by Crippen LogP contribution is -2.53. The molecule has 1 aliphatic heterocycles. The quantitative estimate of drug-likeness (QED) is 0.256. The summed E-state index contributed by atoms with van der Waals surface area (Å²) < 4.78 is 11.0. The molecule has 164 valence electrons. The summed E-state index contributed by atoms with van der Waals surface area (Å²) in [5.74, 6) is 0.599. The summed E-state index contributed by atoms with van der Waals surface area (Å²) >= 11 is 0. The molecule has 1 heterocycles. The van der Waals surface area contributed by atoms with Crippen LogP contribution >= 0.6 is 24.0 Å². The molecule has 0 aromatic rings. The molecular weight excluding hydrogens is 471 g/mol. The number of piperazine rings is 1. The van der Waals surface area contributed by atoms with E-state index < -0.39 is 5.60 Å². The van der Waals surface area contributed by atoms with Crippen molar-refractivity contribution in [3.8, 4) is 0 Å². The van der Waals surface area contributed by atoms with Crippen molar-refractivity contribution in [1.29, 1.82) is 0 Å². The fraction of sp³-hybridized carbons (Fsp3) is 0.900. The summed E-state index contributed by atoms with van der Waals surface area (Å²) in [6.07, 6.45) is 5.78. The molecule has 0 spiro atoms. The average molecular weight is 510 g/mol. The maximum Gasteiger partial charge on any atom is 0.410 e. The van der Waals surface area contributed by atoms with Crippen LogP contribution in [-0.2, 0) is 9.47 Å². The molecule has 28 heavy (non-hydrogen) atoms. The van der Waals surface area contributed by atoms with Gasteiger partial charge in [-0.05, 0) is 52.4 Å². The van der Waals surface area contributed by atoms with Crippen molar-refractivity contribution in [3.05, 3.63) is 0 Å². The number of carbonyl (C=O) groups is 1. The molecule has 1 saturated heterocycles. The molecule has 1 aliphatic carbocycles. The molecule has 8 heteroatoms. The van der Waals surface area contributed by atoms with E-state index in [9.17, 15) is 4.79 Å². The molecule has 2 aliphatic rings. The largest absolute Gasteiger partial charge is 0.444 e. The number of ether oxygens (including phenoxy) is 2. The van der Waals surface area contributed by atoms with E-state index in [0.29, 0.717) is 32.1 Å². The smallest absolute Gasteiger partial charge is 0.410 e. The van der Waals surface area contributed by atoms with E-state index in [1.165, 1.54) is 25.7 Å². The molecule has 1 saturated carbocycles. The van der Waals surface area contributed by atoms with E-state index >= 15 is 0 Å². The highest BCUT2D eigenvalue weighted by Gasteiger charge is 2.34. The molecule has 1 amide bonds. The number of halogens is 1. The fourth-order valence-electron chi connectivity index (χ4n) is 3.84. The van der Waals surface area contributed by atoms with Gasteiger partial charge < -0.3 is 25.0 Å². The zero-order valence-corrected chi connectivity index (χ0v) is 20.4. The summed E-state index contributed by atoms with van der Waals surface area (Å²) in [6.45, 7) is 12.7. The second-order valence-corrected chi connectivity index (χ2v) is 8.78. The Morgan fingerprint density at radius 1 is 1.11 bits per heavy atom. The first kappa shape index (κ1) is 25.3. The number of amides is 1. The maximum atomic E-state index is 12.2. The number of nitrogens with two attached hydrogens (primary N) is 1. The van der Waals surface area contributed by atoms with Crippen LogP contribution in [0.25, 0.3) is 0 Å². The Kier molecular flexibility index (Phi) is 10.3. The van der Waals surface area contributed by atoms with Crippen molar-refractivity contribution < 1.29 is 14.3 Å². The Balaban J connectivity index is 0.00000392. The Morgan fingerprint density at radius 2 is 1.68 bits per heavy atom. The third-order valence-electron chi connectivity index (χ3n) is 5.48. The molecule has 0 atom stereocenters. The highest BCUT2D eigenvalue weighted by molar-refractivity contribution is 14.0. The second-order valence-electron chi connectivity index (χ2n) is 8.78. The van der Waals surface area contributed by atoms with Gasteiger partial charge in [0.25, 0.3) is 0 Å². The summed E-state index contributed by atoms with van der Waals surface area (Å²) in [5.41, 5.74) is 6.06. The van der Waals surface area contributed by atoms with Crippen molar-refractivity contribution in [1.82, 2.24) is 9.80 Å². The minimum absolute atomic E-state index is 0. The van der Waals surface area contributed by atoms with Crippen LogP contribution in [0.3, 0.4) is 0 Å². The number of carbonyl (C=O) groups excluding carboxylic acids is 1. The zero-order chi connectivity index (χ0) is 19.9. The van der Waals surface area contributed by atoms with Crippen molar-refractivity contribution in [2.75, 3.05) is 45.9 Å². The molecule has 2 fully saturated rings. The van der Waals surface area contributed by atoms with Gasteiger partial charge in [-0.1, -0.05) is 12.8 Å². The Hall–Kier alpha value is -0.770. The predicted octanol–water partition coefficient (Wildman–Crippen LogP) is 3.46. The van der Waals surface area contributed by atoms with Gasteiger partial charge in [0.1, 0.15) is 5.60 Å². The maximum absolute atomic E-state index is 12.2. The van der Waals surface area contributed by atoms with E-state index in [2.05, 4.69) is 4.90 Å². The van der Waals surface area contributed by atoms with Gasteiger partial charge in [0.2, 0.25) is 0 Å². The minimum atomic E-state index is -0.466. The van der Waals surface area contributed by atoms with E-state index in [0.717, 1.165) is 26.2 Å². The van der Waals surface area contributed by atoms with E-state index in [1.807, 2.05) is 27.7 Å². The van der Waals surface area contributed by atoms with Crippen LogP contribution < -0.4 is 5.73 Å². The molecule has 2 N–H and O–H groups in total. The SMILES string of the molecule is CCOCCC1(CN=C(N)N2CCN(C(=O)OC(C)(C)C)CC2)CCCC1.I. The van der Waals surface area contributed by atoms with Crippen LogP contribution in [-0.4, -0.2) is 73.4 Å². The Bertz CT molecular complexity index is 508. The van der Waals surface area contributed by atoms with Gasteiger partial charge in [-0.25, -0.2) is 4.79 Å². The first-order valence-electron chi connectivity index (χ1n) is 10.4. The normalized spacial score (nSPS) is 20.1. The third kappa shape index (κ3) is 7.93. The lowest BCUT2D eigenvalue weighted by molar-refractivity contribution is 0.0186. The van der Waals surface area contributed by atoms with Crippen LogP contribution in [0.2, 0.25) is 0 Å². The Labute approximate surface area is 187 Å². The number of hydrogen-bond donors (Lipinski definition) is 1. The van der Waals surface area contributed by atoms with Crippen molar-refractivity contribution in [3.63, 3.8) is 0 Å². The first-order chi connectivity index (χ1) is 12.7. The van der Waals surface area contributed by atoms with Crippen LogP contribution in [0, 0.1) is 5.41 Å². The standard InChI is InChI=1S/C20H38N4O3.HI/c1-5-26-15-10-20(8-6-7-9-20)16-22-17(21)23-11-13-24(14-12-23)18(25)27-19(2,3)4;/h5-16H2,1-4H3,(H2,21,22);1H. The monoisotopic (exact) mass is 510 g/mol. The molecule has 2 rings (SSSR count).